The molecule has 1 rings (SSSR count). The zero-order chi connectivity index (χ0) is 15.0. The summed E-state index contributed by atoms with van der Waals surface area (Å²) in [6.07, 6.45) is 2.03. The number of ether oxygens (including phenoxy) is 1. The van der Waals surface area contributed by atoms with E-state index >= 15 is 0 Å². The number of amides is 3. The van der Waals surface area contributed by atoms with Crippen LogP contribution in [0.25, 0.3) is 0 Å². The largest absolute Gasteiger partial charge is 0.469 e. The van der Waals surface area contributed by atoms with Crippen molar-refractivity contribution >= 4 is 17.9 Å². The van der Waals surface area contributed by atoms with Gasteiger partial charge >= 0.3 is 12.0 Å². The van der Waals surface area contributed by atoms with Crippen LogP contribution in [0.2, 0.25) is 0 Å². The molecule has 3 amide bonds. The maximum Gasteiger partial charge on any atom is 0.321 e. The molecular weight excluding hydrogens is 264 g/mol. The molecule has 0 aromatic carbocycles. The van der Waals surface area contributed by atoms with Gasteiger partial charge in [0, 0.05) is 12.5 Å². The van der Waals surface area contributed by atoms with E-state index in [0.29, 0.717) is 12.2 Å². The molecule has 0 radical (unpaired) electrons. The Hall–Kier alpha value is -2.31. The monoisotopic (exact) mass is 282 g/mol. The Morgan fingerprint density at radius 1 is 1.35 bits per heavy atom. The van der Waals surface area contributed by atoms with Crippen LogP contribution in [0.1, 0.15) is 26.0 Å². The van der Waals surface area contributed by atoms with Gasteiger partial charge in [0.25, 0.3) is 5.91 Å². The van der Waals surface area contributed by atoms with Crippen LogP contribution >= 0.6 is 0 Å². The molecule has 0 fully saturated rings. The number of aryl methyl sites for hydroxylation is 1. The SMILES string of the molecule is CC(C)NC(=O)NC(=O)COC(=O)CCc1ccco1. The Kier molecular flexibility index (Phi) is 6.28. The highest BCUT2D eigenvalue weighted by Crippen LogP contribution is 2.04. The number of urea groups is 1. The fourth-order valence-electron chi connectivity index (χ4n) is 1.36. The quantitative estimate of drug-likeness (QED) is 0.758. The van der Waals surface area contributed by atoms with Gasteiger partial charge in [-0.1, -0.05) is 0 Å². The van der Waals surface area contributed by atoms with E-state index in [-0.39, 0.29) is 12.5 Å². The normalized spacial score (nSPS) is 10.2. The van der Waals surface area contributed by atoms with Crippen molar-refractivity contribution in [3.8, 4) is 0 Å². The molecule has 7 nitrogen and oxygen atoms in total. The second-order valence-electron chi connectivity index (χ2n) is 4.42. The number of hydrogen-bond acceptors (Lipinski definition) is 5. The van der Waals surface area contributed by atoms with Crippen molar-refractivity contribution in [1.82, 2.24) is 10.6 Å². The zero-order valence-corrected chi connectivity index (χ0v) is 11.5. The van der Waals surface area contributed by atoms with E-state index < -0.39 is 24.5 Å². The van der Waals surface area contributed by atoms with E-state index in [4.69, 9.17) is 9.15 Å². The molecule has 0 bridgehead atoms. The topological polar surface area (TPSA) is 97.6 Å². The summed E-state index contributed by atoms with van der Waals surface area (Å²) in [6, 6.07) is 2.77. The molecule has 0 saturated heterocycles. The second-order valence-corrected chi connectivity index (χ2v) is 4.42. The van der Waals surface area contributed by atoms with Crippen LogP contribution in [0.3, 0.4) is 0 Å². The Morgan fingerprint density at radius 3 is 2.70 bits per heavy atom. The van der Waals surface area contributed by atoms with Gasteiger partial charge in [0.2, 0.25) is 0 Å². The smallest absolute Gasteiger partial charge is 0.321 e. The van der Waals surface area contributed by atoms with Crippen molar-refractivity contribution in [2.45, 2.75) is 32.7 Å². The summed E-state index contributed by atoms with van der Waals surface area (Å²) in [6.45, 7) is 3.04. The molecular formula is C13H18N2O5. The van der Waals surface area contributed by atoms with Crippen LogP contribution < -0.4 is 10.6 Å². The number of rotatable bonds is 6. The molecule has 1 aromatic heterocycles. The minimum atomic E-state index is -0.672. The lowest BCUT2D eigenvalue weighted by Crippen LogP contribution is -2.44. The molecule has 1 aromatic rings. The molecule has 0 aliphatic rings. The third-order valence-corrected chi connectivity index (χ3v) is 2.19. The minimum Gasteiger partial charge on any atom is -0.469 e. The van der Waals surface area contributed by atoms with Crippen LogP contribution in [-0.4, -0.2) is 30.6 Å². The van der Waals surface area contributed by atoms with Crippen molar-refractivity contribution in [2.75, 3.05) is 6.61 Å². The molecule has 20 heavy (non-hydrogen) atoms. The van der Waals surface area contributed by atoms with Crippen LogP contribution in [-0.2, 0) is 20.7 Å². The Bertz CT molecular complexity index is 453. The van der Waals surface area contributed by atoms with Gasteiger partial charge in [-0.15, -0.1) is 0 Å². The van der Waals surface area contributed by atoms with E-state index in [1.165, 1.54) is 6.26 Å². The fourth-order valence-corrected chi connectivity index (χ4v) is 1.36. The first-order chi connectivity index (χ1) is 9.47. The summed E-state index contributed by atoms with van der Waals surface area (Å²) in [5.41, 5.74) is 0. The molecule has 110 valence electrons. The minimum absolute atomic E-state index is 0.0846. The molecule has 0 saturated carbocycles. The number of nitrogens with one attached hydrogen (secondary N) is 2. The van der Waals surface area contributed by atoms with Crippen LogP contribution in [0.5, 0.6) is 0 Å². The van der Waals surface area contributed by atoms with Gasteiger partial charge in [-0.05, 0) is 26.0 Å². The maximum atomic E-state index is 11.4. The van der Waals surface area contributed by atoms with Crippen molar-refractivity contribution < 1.29 is 23.5 Å². The molecule has 2 N–H and O–H groups in total. The lowest BCUT2D eigenvalue weighted by atomic mass is 10.2. The van der Waals surface area contributed by atoms with E-state index in [9.17, 15) is 14.4 Å². The van der Waals surface area contributed by atoms with E-state index in [0.717, 1.165) is 0 Å². The number of hydrogen-bond donors (Lipinski definition) is 2. The van der Waals surface area contributed by atoms with E-state index in [1.54, 1.807) is 26.0 Å². The highest BCUT2D eigenvalue weighted by atomic mass is 16.5. The highest BCUT2D eigenvalue weighted by molar-refractivity contribution is 5.95. The lowest BCUT2D eigenvalue weighted by Gasteiger charge is -2.09. The Labute approximate surface area is 116 Å². The number of carbonyl (C=O) groups excluding carboxylic acids is 3. The summed E-state index contributed by atoms with van der Waals surface area (Å²) < 4.78 is 9.79. The number of esters is 1. The maximum absolute atomic E-state index is 11.4. The van der Waals surface area contributed by atoms with Gasteiger partial charge in [0.15, 0.2) is 6.61 Å². The van der Waals surface area contributed by atoms with Crippen LogP contribution in [0, 0.1) is 0 Å². The average molecular weight is 282 g/mol. The summed E-state index contributed by atoms with van der Waals surface area (Å²) in [5, 5.41) is 4.53. The molecule has 7 heteroatoms. The van der Waals surface area contributed by atoms with E-state index in [1.807, 2.05) is 0 Å². The number of imide groups is 1. The van der Waals surface area contributed by atoms with Gasteiger partial charge in [0.1, 0.15) is 5.76 Å². The third kappa shape index (κ3) is 6.58. The summed E-state index contributed by atoms with van der Waals surface area (Å²) in [5.74, 6) is -0.530. The molecule has 0 aliphatic carbocycles. The second kappa shape index (κ2) is 7.98. The van der Waals surface area contributed by atoms with Gasteiger partial charge in [-0.25, -0.2) is 4.79 Å². The standard InChI is InChI=1S/C13H18N2O5/c1-9(2)14-13(18)15-11(16)8-20-12(17)6-5-10-4-3-7-19-10/h3-4,7,9H,5-6,8H2,1-2H3,(H2,14,15,16,18). The first-order valence-corrected chi connectivity index (χ1v) is 6.25. The van der Waals surface area contributed by atoms with Crippen LogP contribution in [0.15, 0.2) is 22.8 Å². The molecule has 0 aliphatic heterocycles. The average Bonchev–Trinajstić information content (AvgIpc) is 2.85. The lowest BCUT2D eigenvalue weighted by molar-refractivity contribution is -0.148. The number of furan rings is 1. The molecule has 0 atom stereocenters. The molecule has 0 spiro atoms. The fraction of sp³-hybridized carbons (Fsp3) is 0.462. The summed E-state index contributed by atoms with van der Waals surface area (Å²) in [4.78, 5) is 33.9. The summed E-state index contributed by atoms with van der Waals surface area (Å²) in [7, 11) is 0. The molecule has 1 heterocycles. The van der Waals surface area contributed by atoms with Crippen molar-refractivity contribution in [3.63, 3.8) is 0 Å². The molecule has 0 unspecified atom stereocenters. The predicted molar refractivity (Wildman–Crippen MR) is 69.8 cm³/mol. The third-order valence-electron chi connectivity index (χ3n) is 2.19. The first kappa shape index (κ1) is 15.7. The van der Waals surface area contributed by atoms with Gasteiger partial charge in [-0.3, -0.25) is 14.9 Å². The van der Waals surface area contributed by atoms with Crippen molar-refractivity contribution in [3.05, 3.63) is 24.2 Å². The Morgan fingerprint density at radius 2 is 2.10 bits per heavy atom. The summed E-state index contributed by atoms with van der Waals surface area (Å²) >= 11 is 0. The van der Waals surface area contributed by atoms with E-state index in [2.05, 4.69) is 10.6 Å². The predicted octanol–water partition coefficient (Wildman–Crippen LogP) is 0.990. The van der Waals surface area contributed by atoms with Crippen molar-refractivity contribution in [2.24, 2.45) is 0 Å². The van der Waals surface area contributed by atoms with Gasteiger partial charge < -0.3 is 14.5 Å². The number of carbonyl (C=O) groups is 3. The van der Waals surface area contributed by atoms with Crippen molar-refractivity contribution in [1.29, 1.82) is 0 Å². The van der Waals surface area contributed by atoms with Gasteiger partial charge in [-0.2, -0.15) is 0 Å². The van der Waals surface area contributed by atoms with Gasteiger partial charge in [0.05, 0.1) is 12.7 Å². The first-order valence-electron chi connectivity index (χ1n) is 6.25. The van der Waals surface area contributed by atoms with Crippen LogP contribution in [0.4, 0.5) is 4.79 Å². The highest BCUT2D eigenvalue weighted by Gasteiger charge is 2.11. The Balaban J connectivity index is 2.17. The zero-order valence-electron chi connectivity index (χ0n) is 11.5.